The van der Waals surface area contributed by atoms with Gasteiger partial charge in [0.25, 0.3) is 0 Å². The van der Waals surface area contributed by atoms with Crippen LogP contribution in [0, 0.1) is 0 Å². The largest absolute Gasteiger partial charge is 0.493 e. The van der Waals surface area contributed by atoms with E-state index in [0.717, 1.165) is 41.3 Å². The zero-order valence-electron chi connectivity index (χ0n) is 12.9. The van der Waals surface area contributed by atoms with E-state index in [2.05, 4.69) is 11.5 Å². The Morgan fingerprint density at radius 3 is 2.52 bits per heavy atom. The predicted molar refractivity (Wildman–Crippen MR) is 83.1 cm³/mol. The van der Waals surface area contributed by atoms with Gasteiger partial charge in [0.1, 0.15) is 5.82 Å². The van der Waals surface area contributed by atoms with Crippen LogP contribution in [0.1, 0.15) is 37.9 Å². The molecule has 1 fully saturated rings. The zero-order chi connectivity index (χ0) is 15.0. The third kappa shape index (κ3) is 2.58. The van der Waals surface area contributed by atoms with Crippen LogP contribution < -0.4 is 15.2 Å². The Balaban J connectivity index is 2.14. The predicted octanol–water partition coefficient (Wildman–Crippen LogP) is 2.67. The van der Waals surface area contributed by atoms with Crippen LogP contribution in [0.5, 0.6) is 11.5 Å². The lowest BCUT2D eigenvalue weighted by Gasteiger charge is -2.14. The number of fused-ring (bicyclic) bond motifs is 1. The highest BCUT2D eigenvalue weighted by Crippen LogP contribution is 2.42. The molecule has 1 aromatic heterocycles. The van der Waals surface area contributed by atoms with Gasteiger partial charge in [-0.3, -0.25) is 0 Å². The molecule has 5 heteroatoms. The molecule has 3 rings (SSSR count). The van der Waals surface area contributed by atoms with Crippen LogP contribution >= 0.6 is 0 Å². The van der Waals surface area contributed by atoms with E-state index >= 15 is 0 Å². The molecule has 1 unspecified atom stereocenters. The third-order valence-electron chi connectivity index (χ3n) is 4.17. The summed E-state index contributed by atoms with van der Waals surface area (Å²) in [5, 5.41) is 0. The highest BCUT2D eigenvalue weighted by Gasteiger charge is 2.30. The third-order valence-corrected chi connectivity index (χ3v) is 4.17. The number of hydrogen-bond acceptors (Lipinski definition) is 4. The lowest BCUT2D eigenvalue weighted by atomic mass is 10.2. The molecule has 0 radical (unpaired) electrons. The molecule has 0 saturated heterocycles. The average molecular weight is 289 g/mol. The van der Waals surface area contributed by atoms with E-state index < -0.39 is 0 Å². The number of imidazole rings is 1. The molecule has 1 saturated carbocycles. The van der Waals surface area contributed by atoms with Crippen LogP contribution in [-0.4, -0.2) is 29.8 Å². The van der Waals surface area contributed by atoms with Crippen molar-refractivity contribution in [2.75, 3.05) is 14.2 Å². The summed E-state index contributed by atoms with van der Waals surface area (Å²) in [6.45, 7) is 2.92. The van der Waals surface area contributed by atoms with Crippen molar-refractivity contribution in [3.8, 4) is 11.5 Å². The number of methoxy groups -OCH3 is 2. The molecule has 1 heterocycles. The van der Waals surface area contributed by atoms with Crippen LogP contribution in [0.25, 0.3) is 11.0 Å². The molecule has 0 bridgehead atoms. The molecule has 0 spiro atoms. The van der Waals surface area contributed by atoms with Crippen LogP contribution in [0.3, 0.4) is 0 Å². The second-order valence-electron chi connectivity index (χ2n) is 5.72. The van der Waals surface area contributed by atoms with Gasteiger partial charge in [-0.15, -0.1) is 0 Å². The van der Waals surface area contributed by atoms with Crippen molar-refractivity contribution in [1.29, 1.82) is 0 Å². The highest BCUT2D eigenvalue weighted by molar-refractivity contribution is 5.81. The molecule has 1 aromatic carbocycles. The molecular weight excluding hydrogens is 266 g/mol. The Bertz CT molecular complexity index is 646. The van der Waals surface area contributed by atoms with E-state index in [1.54, 1.807) is 14.2 Å². The van der Waals surface area contributed by atoms with E-state index in [1.807, 2.05) is 12.1 Å². The number of aromatic nitrogens is 2. The summed E-state index contributed by atoms with van der Waals surface area (Å²) in [5.41, 5.74) is 8.20. The maximum Gasteiger partial charge on any atom is 0.163 e. The van der Waals surface area contributed by atoms with Gasteiger partial charge in [0.15, 0.2) is 11.5 Å². The minimum absolute atomic E-state index is 0.146. The smallest absolute Gasteiger partial charge is 0.163 e. The Hall–Kier alpha value is -1.75. The minimum atomic E-state index is 0.146. The first-order valence-electron chi connectivity index (χ1n) is 7.55. The maximum atomic E-state index is 6.17. The fourth-order valence-electron chi connectivity index (χ4n) is 2.68. The summed E-state index contributed by atoms with van der Waals surface area (Å²) in [7, 11) is 3.31. The molecule has 114 valence electrons. The van der Waals surface area contributed by atoms with Crippen LogP contribution in [0.2, 0.25) is 0 Å². The van der Waals surface area contributed by atoms with E-state index in [0.29, 0.717) is 5.92 Å². The number of rotatable bonds is 6. The number of nitrogens with two attached hydrogens (primary N) is 1. The first-order valence-corrected chi connectivity index (χ1v) is 7.55. The maximum absolute atomic E-state index is 6.17. The number of hydrogen-bond donors (Lipinski definition) is 1. The van der Waals surface area contributed by atoms with Gasteiger partial charge in [-0.2, -0.15) is 0 Å². The lowest BCUT2D eigenvalue weighted by molar-refractivity contribution is 0.355. The van der Waals surface area contributed by atoms with Crippen LogP contribution in [0.15, 0.2) is 12.1 Å². The quantitative estimate of drug-likeness (QED) is 0.888. The van der Waals surface area contributed by atoms with E-state index in [4.69, 9.17) is 20.2 Å². The van der Waals surface area contributed by atoms with Crippen molar-refractivity contribution in [2.24, 2.45) is 5.73 Å². The molecule has 0 amide bonds. The molecular formula is C16H23N3O2. The zero-order valence-corrected chi connectivity index (χ0v) is 12.9. The fourth-order valence-corrected chi connectivity index (χ4v) is 2.68. The van der Waals surface area contributed by atoms with Gasteiger partial charge in [-0.1, -0.05) is 6.92 Å². The standard InChI is InChI=1S/C16H23N3O2/c1-4-11(17)9-19-13-8-15(21-3)14(20-2)7-12(13)18-16(19)10-5-6-10/h7-8,10-11H,4-6,9,17H2,1-3H3. The van der Waals surface area contributed by atoms with Gasteiger partial charge in [-0.25, -0.2) is 4.98 Å². The van der Waals surface area contributed by atoms with Gasteiger partial charge in [0.2, 0.25) is 0 Å². The topological polar surface area (TPSA) is 62.3 Å². The summed E-state index contributed by atoms with van der Waals surface area (Å²) in [4.78, 5) is 4.82. The number of nitrogens with zero attached hydrogens (tertiary/aromatic N) is 2. The van der Waals surface area contributed by atoms with E-state index in [1.165, 1.54) is 12.8 Å². The highest BCUT2D eigenvalue weighted by atomic mass is 16.5. The molecule has 2 aromatic rings. The SMILES string of the molecule is CCC(N)Cn1c(C2CC2)nc2cc(OC)c(OC)cc21. The number of ether oxygens (including phenoxy) is 2. The fraction of sp³-hybridized carbons (Fsp3) is 0.562. The second-order valence-corrected chi connectivity index (χ2v) is 5.72. The lowest BCUT2D eigenvalue weighted by Crippen LogP contribution is -2.26. The minimum Gasteiger partial charge on any atom is -0.493 e. The van der Waals surface area contributed by atoms with Gasteiger partial charge in [0.05, 0.1) is 25.3 Å². The summed E-state index contributed by atoms with van der Waals surface area (Å²) < 4.78 is 13.1. The van der Waals surface area contributed by atoms with Crippen LogP contribution in [-0.2, 0) is 6.54 Å². The second kappa shape index (κ2) is 5.56. The summed E-state index contributed by atoms with van der Waals surface area (Å²) in [6.07, 6.45) is 3.40. The van der Waals surface area contributed by atoms with Crippen molar-refractivity contribution in [3.05, 3.63) is 18.0 Å². The monoisotopic (exact) mass is 289 g/mol. The molecule has 5 nitrogen and oxygen atoms in total. The van der Waals surface area contributed by atoms with Gasteiger partial charge in [-0.05, 0) is 19.3 Å². The molecule has 21 heavy (non-hydrogen) atoms. The van der Waals surface area contributed by atoms with Crippen molar-refractivity contribution in [1.82, 2.24) is 9.55 Å². The van der Waals surface area contributed by atoms with Crippen LogP contribution in [0.4, 0.5) is 0 Å². The molecule has 2 N–H and O–H groups in total. The van der Waals surface area contributed by atoms with E-state index in [9.17, 15) is 0 Å². The Labute approximate surface area is 125 Å². The van der Waals surface area contributed by atoms with Gasteiger partial charge < -0.3 is 19.8 Å². The first kappa shape index (κ1) is 14.2. The number of benzene rings is 1. The van der Waals surface area contributed by atoms with Gasteiger partial charge in [0, 0.05) is 30.6 Å². The van der Waals surface area contributed by atoms with Gasteiger partial charge >= 0.3 is 0 Å². The Morgan fingerprint density at radius 2 is 1.95 bits per heavy atom. The van der Waals surface area contributed by atoms with Crippen molar-refractivity contribution in [2.45, 2.75) is 44.7 Å². The Kier molecular flexibility index (Phi) is 3.76. The average Bonchev–Trinajstić information content (AvgIpc) is 3.29. The Morgan fingerprint density at radius 1 is 1.29 bits per heavy atom. The van der Waals surface area contributed by atoms with Crippen molar-refractivity contribution >= 4 is 11.0 Å². The summed E-state index contributed by atoms with van der Waals surface area (Å²) in [6, 6.07) is 4.11. The first-order chi connectivity index (χ1) is 10.2. The van der Waals surface area contributed by atoms with Crippen molar-refractivity contribution < 1.29 is 9.47 Å². The van der Waals surface area contributed by atoms with Crippen molar-refractivity contribution in [3.63, 3.8) is 0 Å². The molecule has 1 aliphatic carbocycles. The molecule has 1 atom stereocenters. The summed E-state index contributed by atoms with van der Waals surface area (Å²) in [5.74, 6) is 3.19. The molecule has 0 aliphatic heterocycles. The molecule has 1 aliphatic rings. The van der Waals surface area contributed by atoms with E-state index in [-0.39, 0.29) is 6.04 Å². The summed E-state index contributed by atoms with van der Waals surface area (Å²) >= 11 is 0. The normalized spacial score (nSPS) is 16.2.